The van der Waals surface area contributed by atoms with Crippen LogP contribution >= 0.6 is 46.6 Å². The Labute approximate surface area is 199 Å². The molecule has 0 amide bonds. The monoisotopic (exact) mass is 486 g/mol. The standard InChI is InChI=1S/C24H17Cl3N2OS/c1-31-20-10-5-16(6-11-20)24-21(15-2-7-18(25)8-3-15)13-23(30)29(28-24)14-17-4-9-19(26)12-22(17)27/h2-13H,14H2,1H3. The van der Waals surface area contributed by atoms with E-state index < -0.39 is 0 Å². The molecular formula is C24H17Cl3N2OS. The van der Waals surface area contributed by atoms with Gasteiger partial charge in [0.1, 0.15) is 0 Å². The Balaban J connectivity index is 1.86. The summed E-state index contributed by atoms with van der Waals surface area (Å²) in [7, 11) is 0. The highest BCUT2D eigenvalue weighted by Gasteiger charge is 2.14. The van der Waals surface area contributed by atoms with Crippen molar-refractivity contribution in [2.24, 2.45) is 0 Å². The first-order chi connectivity index (χ1) is 14.9. The van der Waals surface area contributed by atoms with Crippen molar-refractivity contribution >= 4 is 46.6 Å². The minimum absolute atomic E-state index is 0.222. The van der Waals surface area contributed by atoms with Crippen LogP contribution in [0.3, 0.4) is 0 Å². The molecule has 3 nitrogen and oxygen atoms in total. The maximum atomic E-state index is 12.9. The Hall–Kier alpha value is -2.24. The van der Waals surface area contributed by atoms with Gasteiger partial charge in [0.2, 0.25) is 0 Å². The zero-order valence-corrected chi connectivity index (χ0v) is 19.6. The molecule has 3 aromatic carbocycles. The molecule has 7 heteroatoms. The van der Waals surface area contributed by atoms with Crippen LogP contribution in [0.1, 0.15) is 5.56 Å². The van der Waals surface area contributed by atoms with E-state index in [1.54, 1.807) is 48.2 Å². The van der Waals surface area contributed by atoms with Crippen molar-refractivity contribution in [3.63, 3.8) is 0 Å². The van der Waals surface area contributed by atoms with Gasteiger partial charge in [0, 0.05) is 37.2 Å². The van der Waals surface area contributed by atoms with Gasteiger partial charge < -0.3 is 0 Å². The summed E-state index contributed by atoms with van der Waals surface area (Å²) in [5.41, 5.74) is 3.79. The van der Waals surface area contributed by atoms with Crippen molar-refractivity contribution in [3.05, 3.63) is 104 Å². The number of hydrogen-bond donors (Lipinski definition) is 0. The van der Waals surface area contributed by atoms with Gasteiger partial charge in [0.05, 0.1) is 12.2 Å². The lowest BCUT2D eigenvalue weighted by molar-refractivity contribution is 0.644. The number of thioether (sulfide) groups is 1. The molecular weight excluding hydrogens is 471 g/mol. The van der Waals surface area contributed by atoms with Crippen LogP contribution in [-0.2, 0) is 6.54 Å². The lowest BCUT2D eigenvalue weighted by Crippen LogP contribution is -2.24. The number of aromatic nitrogens is 2. The van der Waals surface area contributed by atoms with Crippen molar-refractivity contribution in [2.45, 2.75) is 11.4 Å². The Morgan fingerprint density at radius 3 is 2.13 bits per heavy atom. The molecule has 1 heterocycles. The largest absolute Gasteiger partial charge is 0.268 e. The van der Waals surface area contributed by atoms with E-state index in [1.807, 2.05) is 42.7 Å². The molecule has 4 aromatic rings. The zero-order valence-electron chi connectivity index (χ0n) is 16.5. The minimum Gasteiger partial charge on any atom is -0.268 e. The quantitative estimate of drug-likeness (QED) is 0.277. The summed E-state index contributed by atoms with van der Waals surface area (Å²) in [6.45, 7) is 0.242. The predicted octanol–water partition coefficient (Wildman–Crippen LogP) is 7.31. The molecule has 0 unspecified atom stereocenters. The molecule has 0 spiro atoms. The van der Waals surface area contributed by atoms with E-state index in [2.05, 4.69) is 0 Å². The van der Waals surface area contributed by atoms with E-state index in [1.165, 1.54) is 4.68 Å². The summed E-state index contributed by atoms with van der Waals surface area (Å²) >= 11 is 20.0. The van der Waals surface area contributed by atoms with Crippen molar-refractivity contribution < 1.29 is 0 Å². The van der Waals surface area contributed by atoms with E-state index >= 15 is 0 Å². The molecule has 1 aromatic heterocycles. The number of hydrogen-bond acceptors (Lipinski definition) is 3. The van der Waals surface area contributed by atoms with Crippen molar-refractivity contribution in [3.8, 4) is 22.4 Å². The van der Waals surface area contributed by atoms with Crippen molar-refractivity contribution in [2.75, 3.05) is 6.26 Å². The molecule has 31 heavy (non-hydrogen) atoms. The second-order valence-corrected chi connectivity index (χ2v) is 9.03. The number of rotatable bonds is 5. The van der Waals surface area contributed by atoms with Crippen LogP contribution in [0.15, 0.2) is 82.5 Å². The summed E-state index contributed by atoms with van der Waals surface area (Å²) < 4.78 is 1.42. The first kappa shape index (κ1) is 22.0. The van der Waals surface area contributed by atoms with Crippen LogP contribution in [0.5, 0.6) is 0 Å². The fourth-order valence-electron chi connectivity index (χ4n) is 3.23. The van der Waals surface area contributed by atoms with Crippen LogP contribution in [0.2, 0.25) is 15.1 Å². The number of nitrogens with zero attached hydrogens (tertiary/aromatic N) is 2. The van der Waals surface area contributed by atoms with Crippen LogP contribution in [-0.4, -0.2) is 16.0 Å². The van der Waals surface area contributed by atoms with Gasteiger partial charge in [0.25, 0.3) is 5.56 Å². The summed E-state index contributed by atoms with van der Waals surface area (Å²) in [6.07, 6.45) is 2.03. The molecule has 0 N–H and O–H groups in total. The third kappa shape index (κ3) is 4.99. The zero-order chi connectivity index (χ0) is 22.0. The molecule has 0 fully saturated rings. The molecule has 0 radical (unpaired) electrons. The van der Waals surface area contributed by atoms with Gasteiger partial charge in [0.15, 0.2) is 0 Å². The first-order valence-corrected chi connectivity index (χ1v) is 11.8. The molecule has 0 saturated carbocycles. The Kier molecular flexibility index (Phi) is 6.73. The predicted molar refractivity (Wildman–Crippen MR) is 132 cm³/mol. The molecule has 0 aliphatic heterocycles. The minimum atomic E-state index is -0.222. The Bertz CT molecular complexity index is 1290. The van der Waals surface area contributed by atoms with Crippen LogP contribution in [0.25, 0.3) is 22.4 Å². The highest BCUT2D eigenvalue weighted by atomic mass is 35.5. The summed E-state index contributed by atoms with van der Waals surface area (Å²) in [5.74, 6) is 0. The summed E-state index contributed by atoms with van der Waals surface area (Å²) in [4.78, 5) is 14.1. The molecule has 0 aliphatic rings. The van der Waals surface area contributed by atoms with Crippen molar-refractivity contribution in [1.29, 1.82) is 0 Å². The lowest BCUT2D eigenvalue weighted by Gasteiger charge is -2.14. The third-order valence-corrected chi connectivity index (χ3v) is 6.43. The van der Waals surface area contributed by atoms with E-state index in [9.17, 15) is 4.79 Å². The molecule has 0 saturated heterocycles. The van der Waals surface area contributed by atoms with Gasteiger partial charge in [-0.3, -0.25) is 4.79 Å². The molecule has 0 bridgehead atoms. The van der Waals surface area contributed by atoms with Gasteiger partial charge in [-0.1, -0.05) is 65.1 Å². The molecule has 0 aliphatic carbocycles. The topological polar surface area (TPSA) is 34.9 Å². The van der Waals surface area contributed by atoms with Gasteiger partial charge in [-0.05, 0) is 53.8 Å². The lowest BCUT2D eigenvalue weighted by atomic mass is 10.00. The maximum absolute atomic E-state index is 12.9. The van der Waals surface area contributed by atoms with Crippen molar-refractivity contribution in [1.82, 2.24) is 9.78 Å². The SMILES string of the molecule is CSc1ccc(-c2nn(Cc3ccc(Cl)cc3Cl)c(=O)cc2-c2ccc(Cl)cc2)cc1. The van der Waals surface area contributed by atoms with Crippen LogP contribution in [0, 0.1) is 0 Å². The van der Waals surface area contributed by atoms with Gasteiger partial charge in [-0.15, -0.1) is 11.8 Å². The second-order valence-electron chi connectivity index (χ2n) is 6.87. The van der Waals surface area contributed by atoms with Gasteiger partial charge in [-0.25, -0.2) is 4.68 Å². The Morgan fingerprint density at radius 2 is 1.48 bits per heavy atom. The summed E-state index contributed by atoms with van der Waals surface area (Å²) in [5, 5.41) is 6.40. The molecule has 156 valence electrons. The maximum Gasteiger partial charge on any atom is 0.267 e. The van der Waals surface area contributed by atoms with Crippen LogP contribution < -0.4 is 5.56 Å². The van der Waals surface area contributed by atoms with E-state index in [0.29, 0.717) is 20.8 Å². The average Bonchev–Trinajstić information content (AvgIpc) is 2.77. The van der Waals surface area contributed by atoms with Gasteiger partial charge >= 0.3 is 0 Å². The van der Waals surface area contributed by atoms with Crippen LogP contribution in [0.4, 0.5) is 0 Å². The van der Waals surface area contributed by atoms with E-state index in [0.717, 1.165) is 27.1 Å². The van der Waals surface area contributed by atoms with E-state index in [-0.39, 0.29) is 12.1 Å². The number of halogens is 3. The highest BCUT2D eigenvalue weighted by Crippen LogP contribution is 2.31. The van der Waals surface area contributed by atoms with E-state index in [4.69, 9.17) is 39.9 Å². The number of benzene rings is 3. The smallest absolute Gasteiger partial charge is 0.267 e. The fourth-order valence-corrected chi connectivity index (χ4v) is 4.23. The third-order valence-electron chi connectivity index (χ3n) is 4.85. The normalized spacial score (nSPS) is 11.0. The fraction of sp³-hybridized carbons (Fsp3) is 0.0833. The summed E-state index contributed by atoms with van der Waals surface area (Å²) in [6, 6.07) is 22.3. The molecule has 4 rings (SSSR count). The highest BCUT2D eigenvalue weighted by molar-refractivity contribution is 7.98. The Morgan fingerprint density at radius 1 is 0.839 bits per heavy atom. The molecule has 0 atom stereocenters. The first-order valence-electron chi connectivity index (χ1n) is 9.41. The average molecular weight is 488 g/mol. The van der Waals surface area contributed by atoms with Gasteiger partial charge in [-0.2, -0.15) is 5.10 Å². The second kappa shape index (κ2) is 9.49.